The van der Waals surface area contributed by atoms with Crippen LogP contribution >= 0.6 is 0 Å². The van der Waals surface area contributed by atoms with Crippen molar-refractivity contribution in [3.63, 3.8) is 0 Å². The summed E-state index contributed by atoms with van der Waals surface area (Å²) in [4.78, 5) is 13.8. The van der Waals surface area contributed by atoms with Gasteiger partial charge in [0.2, 0.25) is 5.91 Å². The molecule has 1 fully saturated rings. The molecular weight excluding hydrogens is 204 g/mol. The molecule has 1 atom stereocenters. The largest absolute Gasteiger partial charge is 0.497 e. The first-order valence-electron chi connectivity index (χ1n) is 5.49. The highest BCUT2D eigenvalue weighted by molar-refractivity contribution is 5.98. The second-order valence-electron chi connectivity index (χ2n) is 4.25. The number of methoxy groups -OCH3 is 1. The van der Waals surface area contributed by atoms with Crippen LogP contribution in [-0.4, -0.2) is 32.1 Å². The third-order valence-corrected chi connectivity index (χ3v) is 3.30. The van der Waals surface area contributed by atoms with Crippen molar-refractivity contribution < 1.29 is 9.53 Å². The lowest BCUT2D eigenvalue weighted by Gasteiger charge is -2.30. The molecule has 1 amide bonds. The highest BCUT2D eigenvalue weighted by Gasteiger charge is 2.36. The Hall–Kier alpha value is -1.55. The number of fused-ring (bicyclic) bond motifs is 3. The van der Waals surface area contributed by atoms with E-state index in [1.807, 2.05) is 17.0 Å². The van der Waals surface area contributed by atoms with Gasteiger partial charge in [0.1, 0.15) is 5.75 Å². The second kappa shape index (κ2) is 3.49. The summed E-state index contributed by atoms with van der Waals surface area (Å²) in [6.07, 6.45) is 0.943. The minimum Gasteiger partial charge on any atom is -0.497 e. The van der Waals surface area contributed by atoms with Crippen molar-refractivity contribution in [2.45, 2.75) is 12.5 Å². The molecule has 0 aliphatic carbocycles. The number of carbonyl (C=O) groups excluding carboxylic acids is 1. The first-order chi connectivity index (χ1) is 7.79. The molecular formula is C12H14N2O2. The SMILES string of the molecule is COc1ccc2c(c1)N1C(=O)CNCC1C2. The van der Waals surface area contributed by atoms with Crippen LogP contribution in [0.5, 0.6) is 5.75 Å². The zero-order valence-electron chi connectivity index (χ0n) is 9.19. The van der Waals surface area contributed by atoms with E-state index in [4.69, 9.17) is 4.74 Å². The van der Waals surface area contributed by atoms with Gasteiger partial charge in [-0.05, 0) is 18.1 Å². The lowest BCUT2D eigenvalue weighted by atomic mass is 10.1. The number of piperazine rings is 1. The highest BCUT2D eigenvalue weighted by Crippen LogP contribution is 2.35. The number of hydrogen-bond acceptors (Lipinski definition) is 3. The van der Waals surface area contributed by atoms with Gasteiger partial charge in [0.05, 0.1) is 25.4 Å². The predicted octanol–water partition coefficient (Wildman–Crippen LogP) is 0.556. The van der Waals surface area contributed by atoms with Gasteiger partial charge in [0.15, 0.2) is 0 Å². The Morgan fingerprint density at radius 2 is 2.38 bits per heavy atom. The van der Waals surface area contributed by atoms with Gasteiger partial charge in [-0.2, -0.15) is 0 Å². The molecule has 4 heteroatoms. The van der Waals surface area contributed by atoms with Crippen molar-refractivity contribution >= 4 is 11.6 Å². The Bertz CT molecular complexity index is 445. The van der Waals surface area contributed by atoms with Crippen LogP contribution in [0.4, 0.5) is 5.69 Å². The number of rotatable bonds is 1. The van der Waals surface area contributed by atoms with Crippen molar-refractivity contribution in [1.29, 1.82) is 0 Å². The smallest absolute Gasteiger partial charge is 0.241 e. The Morgan fingerprint density at radius 1 is 1.50 bits per heavy atom. The van der Waals surface area contributed by atoms with E-state index in [0.29, 0.717) is 6.54 Å². The number of nitrogens with zero attached hydrogens (tertiary/aromatic N) is 1. The summed E-state index contributed by atoms with van der Waals surface area (Å²) in [5, 5.41) is 3.15. The van der Waals surface area contributed by atoms with Gasteiger partial charge in [-0.3, -0.25) is 4.79 Å². The Morgan fingerprint density at radius 3 is 3.19 bits per heavy atom. The van der Waals surface area contributed by atoms with Gasteiger partial charge in [-0.25, -0.2) is 0 Å². The van der Waals surface area contributed by atoms with E-state index in [9.17, 15) is 4.79 Å². The number of anilines is 1. The standard InChI is InChI=1S/C12H14N2O2/c1-16-10-3-2-8-4-9-6-13-7-12(15)14(9)11(8)5-10/h2-3,5,9,13H,4,6-7H2,1H3. The van der Waals surface area contributed by atoms with Crippen LogP contribution < -0.4 is 15.0 Å². The van der Waals surface area contributed by atoms with Gasteiger partial charge >= 0.3 is 0 Å². The molecule has 1 N–H and O–H groups in total. The van der Waals surface area contributed by atoms with Crippen LogP contribution in [0, 0.1) is 0 Å². The lowest BCUT2D eigenvalue weighted by molar-refractivity contribution is -0.119. The molecule has 2 heterocycles. The zero-order valence-corrected chi connectivity index (χ0v) is 9.19. The van der Waals surface area contributed by atoms with Crippen LogP contribution in [0.1, 0.15) is 5.56 Å². The highest BCUT2D eigenvalue weighted by atomic mass is 16.5. The van der Waals surface area contributed by atoms with E-state index in [0.717, 1.165) is 24.4 Å². The van der Waals surface area contributed by atoms with Crippen LogP contribution in [0.3, 0.4) is 0 Å². The van der Waals surface area contributed by atoms with Crippen molar-refractivity contribution in [3.05, 3.63) is 23.8 Å². The minimum atomic E-state index is 0.156. The van der Waals surface area contributed by atoms with E-state index in [1.54, 1.807) is 7.11 Å². The number of carbonyl (C=O) groups is 1. The average Bonchev–Trinajstić information content (AvgIpc) is 2.67. The number of amides is 1. The third kappa shape index (κ3) is 1.30. The normalized spacial score (nSPS) is 22.9. The monoisotopic (exact) mass is 218 g/mol. The molecule has 0 bridgehead atoms. The first-order valence-corrected chi connectivity index (χ1v) is 5.49. The molecule has 1 unspecified atom stereocenters. The van der Waals surface area contributed by atoms with Gasteiger partial charge < -0.3 is 15.0 Å². The zero-order chi connectivity index (χ0) is 11.1. The maximum atomic E-state index is 11.9. The van der Waals surface area contributed by atoms with Crippen LogP contribution in [0.2, 0.25) is 0 Å². The number of hydrogen-bond donors (Lipinski definition) is 1. The van der Waals surface area contributed by atoms with Crippen molar-refractivity contribution in [3.8, 4) is 5.75 Å². The van der Waals surface area contributed by atoms with E-state index >= 15 is 0 Å². The van der Waals surface area contributed by atoms with Gasteiger partial charge in [-0.15, -0.1) is 0 Å². The van der Waals surface area contributed by atoms with Crippen LogP contribution in [0.25, 0.3) is 0 Å². The van der Waals surface area contributed by atoms with Gasteiger partial charge in [0.25, 0.3) is 0 Å². The molecule has 0 saturated carbocycles. The summed E-state index contributed by atoms with van der Waals surface area (Å²) < 4.78 is 5.20. The van der Waals surface area contributed by atoms with E-state index < -0.39 is 0 Å². The Kier molecular flexibility index (Phi) is 2.11. The number of nitrogens with one attached hydrogen (secondary N) is 1. The maximum absolute atomic E-state index is 11.9. The Labute approximate surface area is 94.2 Å². The molecule has 0 radical (unpaired) electrons. The Balaban J connectivity index is 2.04. The summed E-state index contributed by atoms with van der Waals surface area (Å²) in [7, 11) is 1.65. The van der Waals surface area contributed by atoms with Crippen molar-refractivity contribution in [1.82, 2.24) is 5.32 Å². The van der Waals surface area contributed by atoms with E-state index in [2.05, 4.69) is 11.4 Å². The molecule has 0 aromatic heterocycles. The van der Waals surface area contributed by atoms with Crippen molar-refractivity contribution in [2.75, 3.05) is 25.1 Å². The summed E-state index contributed by atoms with van der Waals surface area (Å²) in [6.45, 7) is 1.32. The summed E-state index contributed by atoms with van der Waals surface area (Å²) in [6, 6.07) is 6.25. The summed E-state index contributed by atoms with van der Waals surface area (Å²) >= 11 is 0. The molecule has 2 aliphatic heterocycles. The molecule has 0 spiro atoms. The molecule has 1 saturated heterocycles. The molecule has 1 aromatic carbocycles. The first kappa shape index (κ1) is 9.66. The summed E-state index contributed by atoms with van der Waals surface area (Å²) in [5.74, 6) is 0.967. The number of ether oxygens (including phenoxy) is 1. The maximum Gasteiger partial charge on any atom is 0.241 e. The fourth-order valence-corrected chi connectivity index (χ4v) is 2.54. The molecule has 4 nitrogen and oxygen atoms in total. The second-order valence-corrected chi connectivity index (χ2v) is 4.25. The molecule has 16 heavy (non-hydrogen) atoms. The minimum absolute atomic E-state index is 0.156. The summed E-state index contributed by atoms with van der Waals surface area (Å²) in [5.41, 5.74) is 2.26. The third-order valence-electron chi connectivity index (χ3n) is 3.30. The molecule has 2 aliphatic rings. The molecule has 1 aromatic rings. The lowest BCUT2D eigenvalue weighted by Crippen LogP contribution is -2.53. The average molecular weight is 218 g/mol. The van der Waals surface area contributed by atoms with Gasteiger partial charge in [-0.1, -0.05) is 6.07 Å². The van der Waals surface area contributed by atoms with E-state index in [-0.39, 0.29) is 11.9 Å². The van der Waals surface area contributed by atoms with E-state index in [1.165, 1.54) is 5.56 Å². The van der Waals surface area contributed by atoms with Crippen LogP contribution in [0.15, 0.2) is 18.2 Å². The molecule has 3 rings (SSSR count). The molecule has 84 valence electrons. The van der Waals surface area contributed by atoms with Crippen LogP contribution in [-0.2, 0) is 11.2 Å². The fourth-order valence-electron chi connectivity index (χ4n) is 2.54. The van der Waals surface area contributed by atoms with Crippen molar-refractivity contribution in [2.24, 2.45) is 0 Å². The predicted molar refractivity (Wildman–Crippen MR) is 60.8 cm³/mol. The quantitative estimate of drug-likeness (QED) is 0.748. The topological polar surface area (TPSA) is 41.6 Å². The fraction of sp³-hybridized carbons (Fsp3) is 0.417. The number of benzene rings is 1. The van der Waals surface area contributed by atoms with Gasteiger partial charge in [0, 0.05) is 12.6 Å².